The van der Waals surface area contributed by atoms with Crippen molar-refractivity contribution in [2.24, 2.45) is 0 Å². The van der Waals surface area contributed by atoms with Crippen molar-refractivity contribution in [1.29, 1.82) is 0 Å². The van der Waals surface area contributed by atoms with Crippen molar-refractivity contribution in [2.45, 2.75) is 25.8 Å². The van der Waals surface area contributed by atoms with Crippen LogP contribution in [0.5, 0.6) is 5.75 Å². The first-order valence-electron chi connectivity index (χ1n) is 5.98. The zero-order valence-electron chi connectivity index (χ0n) is 9.99. The van der Waals surface area contributed by atoms with Crippen molar-refractivity contribution in [2.75, 3.05) is 13.1 Å². The molecular formula is C13H18N2O2. The van der Waals surface area contributed by atoms with E-state index in [0.29, 0.717) is 5.56 Å². The number of amides is 1. The van der Waals surface area contributed by atoms with Crippen LogP contribution in [0.2, 0.25) is 0 Å². The molecule has 1 aliphatic heterocycles. The normalized spacial score (nSPS) is 19.9. The van der Waals surface area contributed by atoms with E-state index < -0.39 is 0 Å². The predicted octanol–water partition coefficient (Wildman–Crippen LogP) is 1.18. The van der Waals surface area contributed by atoms with Gasteiger partial charge in [-0.1, -0.05) is 12.1 Å². The third kappa shape index (κ3) is 2.77. The lowest BCUT2D eigenvalue weighted by molar-refractivity contribution is 0.0928. The number of hydrogen-bond acceptors (Lipinski definition) is 3. The van der Waals surface area contributed by atoms with Crippen LogP contribution < -0.4 is 10.6 Å². The summed E-state index contributed by atoms with van der Waals surface area (Å²) in [6, 6.07) is 5.38. The fourth-order valence-corrected chi connectivity index (χ4v) is 2.08. The summed E-state index contributed by atoms with van der Waals surface area (Å²) in [6.45, 7) is 3.61. The summed E-state index contributed by atoms with van der Waals surface area (Å²) >= 11 is 0. The number of piperidine rings is 1. The second-order valence-corrected chi connectivity index (χ2v) is 4.49. The molecule has 1 unspecified atom stereocenters. The number of benzene rings is 1. The quantitative estimate of drug-likeness (QED) is 0.720. The van der Waals surface area contributed by atoms with E-state index in [0.717, 1.165) is 31.5 Å². The molecule has 1 amide bonds. The van der Waals surface area contributed by atoms with Crippen LogP contribution >= 0.6 is 0 Å². The van der Waals surface area contributed by atoms with E-state index in [9.17, 15) is 9.90 Å². The highest BCUT2D eigenvalue weighted by atomic mass is 16.3. The Morgan fingerprint density at radius 3 is 3.06 bits per heavy atom. The lowest BCUT2D eigenvalue weighted by atomic mass is 10.1. The second-order valence-electron chi connectivity index (χ2n) is 4.49. The van der Waals surface area contributed by atoms with Crippen molar-refractivity contribution in [3.8, 4) is 5.75 Å². The Balaban J connectivity index is 2.06. The third-order valence-corrected chi connectivity index (χ3v) is 3.11. The zero-order valence-corrected chi connectivity index (χ0v) is 9.99. The van der Waals surface area contributed by atoms with E-state index in [2.05, 4.69) is 10.6 Å². The SMILES string of the molecule is Cc1cccc(C(=O)NC2CCCNC2)c1O. The maximum Gasteiger partial charge on any atom is 0.255 e. The Bertz CT molecular complexity index is 412. The van der Waals surface area contributed by atoms with Gasteiger partial charge in [0, 0.05) is 12.6 Å². The first-order valence-corrected chi connectivity index (χ1v) is 5.98. The van der Waals surface area contributed by atoms with Gasteiger partial charge in [0.1, 0.15) is 5.75 Å². The molecule has 3 N–H and O–H groups in total. The fraction of sp³-hybridized carbons (Fsp3) is 0.462. The molecule has 0 radical (unpaired) electrons. The van der Waals surface area contributed by atoms with E-state index in [1.807, 2.05) is 0 Å². The van der Waals surface area contributed by atoms with E-state index in [1.165, 1.54) is 0 Å². The number of hydrogen-bond donors (Lipinski definition) is 3. The molecule has 0 saturated carbocycles. The molecule has 17 heavy (non-hydrogen) atoms. The van der Waals surface area contributed by atoms with Gasteiger partial charge in [-0.2, -0.15) is 0 Å². The summed E-state index contributed by atoms with van der Waals surface area (Å²) in [5.74, 6) is -0.117. The zero-order chi connectivity index (χ0) is 12.3. The highest BCUT2D eigenvalue weighted by Crippen LogP contribution is 2.21. The first kappa shape index (κ1) is 11.9. The summed E-state index contributed by atoms with van der Waals surface area (Å²) in [7, 11) is 0. The number of nitrogens with one attached hydrogen (secondary N) is 2. The number of para-hydroxylation sites is 1. The number of carbonyl (C=O) groups excluding carboxylic acids is 1. The van der Waals surface area contributed by atoms with Gasteiger partial charge < -0.3 is 15.7 Å². The van der Waals surface area contributed by atoms with Gasteiger partial charge in [0.05, 0.1) is 5.56 Å². The number of aromatic hydroxyl groups is 1. The lowest BCUT2D eigenvalue weighted by Crippen LogP contribution is -2.45. The third-order valence-electron chi connectivity index (χ3n) is 3.11. The average Bonchev–Trinajstić information content (AvgIpc) is 2.34. The minimum Gasteiger partial charge on any atom is -0.507 e. The van der Waals surface area contributed by atoms with Crippen molar-refractivity contribution in [3.05, 3.63) is 29.3 Å². The predicted molar refractivity (Wildman–Crippen MR) is 66.2 cm³/mol. The van der Waals surface area contributed by atoms with E-state index >= 15 is 0 Å². The summed E-state index contributed by atoms with van der Waals surface area (Å²) in [4.78, 5) is 12.0. The summed E-state index contributed by atoms with van der Waals surface area (Å²) in [6.07, 6.45) is 2.07. The van der Waals surface area contributed by atoms with Gasteiger partial charge in [-0.05, 0) is 37.9 Å². The lowest BCUT2D eigenvalue weighted by Gasteiger charge is -2.24. The Kier molecular flexibility index (Phi) is 3.64. The van der Waals surface area contributed by atoms with Gasteiger partial charge in [-0.15, -0.1) is 0 Å². The number of phenolic OH excluding ortho intramolecular Hbond substituents is 1. The fourth-order valence-electron chi connectivity index (χ4n) is 2.08. The van der Waals surface area contributed by atoms with Crippen LogP contribution in [0.1, 0.15) is 28.8 Å². The Morgan fingerprint density at radius 1 is 1.53 bits per heavy atom. The average molecular weight is 234 g/mol. The molecule has 1 aliphatic rings. The first-order chi connectivity index (χ1) is 8.18. The largest absolute Gasteiger partial charge is 0.507 e. The molecule has 1 heterocycles. The van der Waals surface area contributed by atoms with Crippen LogP contribution in [0.25, 0.3) is 0 Å². The van der Waals surface area contributed by atoms with Gasteiger partial charge in [0.15, 0.2) is 0 Å². The summed E-state index contributed by atoms with van der Waals surface area (Å²) in [5.41, 5.74) is 1.08. The minimum absolute atomic E-state index is 0.0776. The number of phenols is 1. The molecule has 92 valence electrons. The Hall–Kier alpha value is -1.55. The van der Waals surface area contributed by atoms with E-state index in [-0.39, 0.29) is 17.7 Å². The van der Waals surface area contributed by atoms with Crippen LogP contribution in [0.4, 0.5) is 0 Å². The Labute approximate surface area is 101 Å². The highest BCUT2D eigenvalue weighted by Gasteiger charge is 2.18. The highest BCUT2D eigenvalue weighted by molar-refractivity contribution is 5.97. The van der Waals surface area contributed by atoms with Crippen molar-refractivity contribution in [3.63, 3.8) is 0 Å². The molecule has 1 atom stereocenters. The maximum atomic E-state index is 12.0. The van der Waals surface area contributed by atoms with Gasteiger partial charge in [-0.25, -0.2) is 0 Å². The standard InChI is InChI=1S/C13H18N2O2/c1-9-4-2-6-11(12(9)16)13(17)15-10-5-3-7-14-8-10/h2,4,6,10,14,16H,3,5,7-8H2,1H3,(H,15,17). The van der Waals surface area contributed by atoms with Crippen molar-refractivity contribution < 1.29 is 9.90 Å². The van der Waals surface area contributed by atoms with Gasteiger partial charge in [-0.3, -0.25) is 4.79 Å². The summed E-state index contributed by atoms with van der Waals surface area (Å²) < 4.78 is 0. The molecule has 0 aliphatic carbocycles. The van der Waals surface area contributed by atoms with E-state index in [4.69, 9.17) is 0 Å². The van der Waals surface area contributed by atoms with Crippen LogP contribution in [-0.4, -0.2) is 30.1 Å². The molecule has 2 rings (SSSR count). The van der Waals surface area contributed by atoms with Crippen LogP contribution in [0.15, 0.2) is 18.2 Å². The molecular weight excluding hydrogens is 216 g/mol. The minimum atomic E-state index is -0.195. The number of carbonyl (C=O) groups is 1. The summed E-state index contributed by atoms with van der Waals surface area (Å²) in [5, 5.41) is 16.0. The van der Waals surface area contributed by atoms with Gasteiger partial charge >= 0.3 is 0 Å². The molecule has 1 aromatic rings. The van der Waals surface area contributed by atoms with E-state index in [1.54, 1.807) is 25.1 Å². The molecule has 4 nitrogen and oxygen atoms in total. The van der Waals surface area contributed by atoms with Gasteiger partial charge in [0.25, 0.3) is 5.91 Å². The van der Waals surface area contributed by atoms with Gasteiger partial charge in [0.2, 0.25) is 0 Å². The molecule has 0 aromatic heterocycles. The number of rotatable bonds is 2. The van der Waals surface area contributed by atoms with Crippen molar-refractivity contribution >= 4 is 5.91 Å². The Morgan fingerprint density at radius 2 is 2.35 bits per heavy atom. The molecule has 1 saturated heterocycles. The topological polar surface area (TPSA) is 61.4 Å². The molecule has 1 fully saturated rings. The smallest absolute Gasteiger partial charge is 0.255 e. The molecule has 0 spiro atoms. The van der Waals surface area contributed by atoms with Crippen LogP contribution in [-0.2, 0) is 0 Å². The second kappa shape index (κ2) is 5.19. The molecule has 1 aromatic carbocycles. The van der Waals surface area contributed by atoms with Crippen LogP contribution in [0, 0.1) is 6.92 Å². The number of aryl methyl sites for hydroxylation is 1. The van der Waals surface area contributed by atoms with Crippen molar-refractivity contribution in [1.82, 2.24) is 10.6 Å². The molecule has 0 bridgehead atoms. The van der Waals surface area contributed by atoms with Crippen LogP contribution in [0.3, 0.4) is 0 Å². The maximum absolute atomic E-state index is 12.0. The monoisotopic (exact) mass is 234 g/mol. The molecule has 4 heteroatoms.